The number of likely N-dealkylation sites (N-methyl/N-ethyl adjacent to an activating group) is 1. The molecule has 5 atom stereocenters. The van der Waals surface area contributed by atoms with Crippen LogP contribution in [0.15, 0.2) is 41.4 Å². The van der Waals surface area contributed by atoms with E-state index >= 15 is 0 Å². The number of aromatic hydroxyl groups is 1. The molecule has 6 N–H and O–H groups in total. The normalized spacial score (nSPS) is 29.5. The first-order valence-corrected chi connectivity index (χ1v) is 11.7. The summed E-state index contributed by atoms with van der Waals surface area (Å²) in [4.78, 5) is 32.9. The van der Waals surface area contributed by atoms with Gasteiger partial charge in [0, 0.05) is 38.0 Å². The summed E-state index contributed by atoms with van der Waals surface area (Å²) >= 11 is 0. The average Bonchev–Trinajstić information content (AvgIpc) is 2.84. The molecule has 0 radical (unpaired) electrons. The maximum absolute atomic E-state index is 13.9. The summed E-state index contributed by atoms with van der Waals surface area (Å²) in [5.41, 5.74) is 4.44. The number of hydrogen-bond acceptors (Lipinski definition) is 10. The number of amides is 1. The lowest BCUT2D eigenvalue weighted by molar-refractivity contribution is -0.144. The van der Waals surface area contributed by atoms with Crippen molar-refractivity contribution in [3.8, 4) is 5.75 Å². The number of carbonyl (C=O) groups excluding carboxylic acids is 2. The molecule has 1 unspecified atom stereocenters. The maximum atomic E-state index is 13.9. The molecule has 1 aromatic carbocycles. The maximum Gasteiger partial charge on any atom is 0.248 e. The molecular formula is C26H33N3O8. The van der Waals surface area contributed by atoms with Crippen LogP contribution in [0.3, 0.4) is 0 Å². The number of phenolic OH excluding ortho intramolecular Hbond substituents is 1. The molecule has 0 spiro atoms. The highest BCUT2D eigenvalue weighted by molar-refractivity contribution is 6.18. The first kappa shape index (κ1) is 26.8. The van der Waals surface area contributed by atoms with Gasteiger partial charge in [-0.1, -0.05) is 18.7 Å². The zero-order chi connectivity index (χ0) is 27.6. The number of aliphatic hydroxyl groups excluding tert-OH is 3. The summed E-state index contributed by atoms with van der Waals surface area (Å²) in [7, 11) is 7.70. The second-order valence-electron chi connectivity index (χ2n) is 9.98. The van der Waals surface area contributed by atoms with Gasteiger partial charge in [-0.15, -0.1) is 0 Å². The third kappa shape index (κ3) is 3.69. The smallest absolute Gasteiger partial charge is 0.248 e. The molecule has 1 aromatic rings. The molecule has 11 nitrogen and oxygen atoms in total. The number of aliphatic hydroxyl groups is 3. The average molecular weight is 516 g/mol. The van der Waals surface area contributed by atoms with Crippen molar-refractivity contribution in [3.05, 3.63) is 58.1 Å². The molecule has 37 heavy (non-hydrogen) atoms. The number of nitrogens with two attached hydrogens (primary N) is 1. The number of ketones is 1. The Hall–Kier alpha value is -3.22. The van der Waals surface area contributed by atoms with Gasteiger partial charge in [-0.2, -0.15) is 5.06 Å². The summed E-state index contributed by atoms with van der Waals surface area (Å²) in [6, 6.07) is 2.31. The van der Waals surface area contributed by atoms with Crippen LogP contribution in [0.25, 0.3) is 5.57 Å². The second kappa shape index (κ2) is 9.26. The number of Topliss-reactive ketones (excluding diaryl/α,β-unsaturated/α-hetero) is 1. The number of benzene rings is 1. The minimum Gasteiger partial charge on any atom is -0.510 e. The number of fused-ring (bicyclic) bond motifs is 3. The molecule has 0 bridgehead atoms. The molecule has 0 aromatic heterocycles. The van der Waals surface area contributed by atoms with E-state index in [1.54, 1.807) is 38.2 Å². The van der Waals surface area contributed by atoms with Gasteiger partial charge in [0.2, 0.25) is 5.91 Å². The quantitative estimate of drug-likeness (QED) is 0.345. The van der Waals surface area contributed by atoms with Crippen molar-refractivity contribution in [1.29, 1.82) is 0 Å². The molecule has 1 amide bonds. The number of carbonyl (C=O) groups is 2. The highest BCUT2D eigenvalue weighted by Gasteiger charge is 2.64. The first-order chi connectivity index (χ1) is 17.3. The van der Waals surface area contributed by atoms with E-state index in [1.807, 2.05) is 0 Å². The molecule has 0 saturated carbocycles. The molecule has 0 fully saturated rings. The van der Waals surface area contributed by atoms with Crippen LogP contribution in [0.4, 0.5) is 0 Å². The van der Waals surface area contributed by atoms with E-state index in [0.717, 1.165) is 0 Å². The second-order valence-corrected chi connectivity index (χ2v) is 9.98. The molecule has 0 aliphatic heterocycles. The monoisotopic (exact) mass is 515 g/mol. The summed E-state index contributed by atoms with van der Waals surface area (Å²) in [5.74, 6) is -4.78. The van der Waals surface area contributed by atoms with Crippen LogP contribution in [0.5, 0.6) is 5.75 Å². The van der Waals surface area contributed by atoms with E-state index in [2.05, 4.69) is 6.58 Å². The van der Waals surface area contributed by atoms with E-state index in [1.165, 1.54) is 19.3 Å². The summed E-state index contributed by atoms with van der Waals surface area (Å²) in [6.07, 6.45) is -1.73. The van der Waals surface area contributed by atoms with Crippen LogP contribution in [-0.2, 0) is 20.9 Å². The van der Waals surface area contributed by atoms with E-state index in [0.29, 0.717) is 16.7 Å². The zero-order valence-corrected chi connectivity index (χ0v) is 21.5. The summed E-state index contributed by atoms with van der Waals surface area (Å²) in [5, 5.41) is 47.0. The topological polar surface area (TPSA) is 166 Å². The van der Waals surface area contributed by atoms with Crippen LogP contribution >= 0.6 is 0 Å². The van der Waals surface area contributed by atoms with Gasteiger partial charge in [0.15, 0.2) is 5.78 Å². The minimum absolute atomic E-state index is 0.0600. The van der Waals surface area contributed by atoms with Crippen molar-refractivity contribution in [2.75, 3.05) is 35.4 Å². The third-order valence-corrected chi connectivity index (χ3v) is 7.96. The minimum atomic E-state index is -1.76. The number of methoxy groups -OCH3 is 1. The number of primary amides is 1. The van der Waals surface area contributed by atoms with Gasteiger partial charge in [0.1, 0.15) is 22.9 Å². The lowest BCUT2D eigenvalue weighted by Crippen LogP contribution is -2.65. The number of hydroxylamine groups is 2. The van der Waals surface area contributed by atoms with Gasteiger partial charge in [0.05, 0.1) is 42.5 Å². The van der Waals surface area contributed by atoms with Gasteiger partial charge in [-0.3, -0.25) is 14.5 Å². The number of phenols is 1. The molecular weight excluding hydrogens is 482 g/mol. The Morgan fingerprint density at radius 2 is 1.86 bits per heavy atom. The highest BCUT2D eigenvalue weighted by atomic mass is 16.7. The zero-order valence-electron chi connectivity index (χ0n) is 21.5. The van der Waals surface area contributed by atoms with Gasteiger partial charge >= 0.3 is 0 Å². The lowest BCUT2D eigenvalue weighted by atomic mass is 9.56. The van der Waals surface area contributed by atoms with Crippen LogP contribution in [0, 0.1) is 11.8 Å². The number of nitrogens with zero attached hydrogens (tertiary/aromatic N) is 2. The van der Waals surface area contributed by atoms with Crippen molar-refractivity contribution < 1.29 is 39.6 Å². The van der Waals surface area contributed by atoms with Crippen molar-refractivity contribution in [2.45, 2.75) is 30.7 Å². The Labute approximate surface area is 214 Å². The molecule has 3 aliphatic carbocycles. The van der Waals surface area contributed by atoms with Crippen LogP contribution in [0.1, 0.15) is 27.9 Å². The number of hydrogen-bond donors (Lipinski definition) is 5. The Kier molecular flexibility index (Phi) is 6.72. The fourth-order valence-electron chi connectivity index (χ4n) is 6.11. The lowest BCUT2D eigenvalue weighted by Gasteiger charge is -2.55. The Morgan fingerprint density at radius 3 is 2.41 bits per heavy atom. The van der Waals surface area contributed by atoms with E-state index < -0.39 is 47.0 Å². The largest absolute Gasteiger partial charge is 0.510 e. The molecule has 4 rings (SSSR count). The third-order valence-electron chi connectivity index (χ3n) is 7.96. The SMILES string of the molecule is C=C1c2ccc(CN(C)OC)c(O)c2C(=O)C2=C(O)[C@]3(OC)CC(C(N)=O)=C(O)[C@@H](N(C)C)C3[C@@H](O)[C@H]12. The molecule has 0 heterocycles. The van der Waals surface area contributed by atoms with Crippen molar-refractivity contribution >= 4 is 17.3 Å². The standard InChI is InChI=1S/C26H33N3O8/c1-11-13-8-7-12(10-29(4)37-6)20(30)16(13)22(32)17-15(11)23(33)18-19(28(2)3)21(31)14(25(27)35)9-26(18,36-5)24(17)34/h7-8,15,18-19,23,30-31,33-34H,1,9-10H2,2-6H3,(H2,27,35)/t15-,18?,19+,23+,26+/m1/s1. The summed E-state index contributed by atoms with van der Waals surface area (Å²) in [6.45, 7) is 4.29. The van der Waals surface area contributed by atoms with E-state index in [9.17, 15) is 30.0 Å². The highest BCUT2D eigenvalue weighted by Crippen LogP contribution is 2.57. The van der Waals surface area contributed by atoms with E-state index in [4.69, 9.17) is 15.3 Å². The number of rotatable bonds is 6. The summed E-state index contributed by atoms with van der Waals surface area (Å²) < 4.78 is 5.80. The van der Waals surface area contributed by atoms with Gasteiger partial charge in [-0.05, 0) is 25.2 Å². The molecule has 11 heteroatoms. The van der Waals surface area contributed by atoms with Crippen LogP contribution in [-0.4, -0.2) is 95.2 Å². The van der Waals surface area contributed by atoms with E-state index in [-0.39, 0.29) is 41.2 Å². The Balaban J connectivity index is 1.98. The predicted molar refractivity (Wildman–Crippen MR) is 133 cm³/mol. The Morgan fingerprint density at radius 1 is 1.22 bits per heavy atom. The van der Waals surface area contributed by atoms with Crippen molar-refractivity contribution in [2.24, 2.45) is 17.6 Å². The van der Waals surface area contributed by atoms with Gasteiger partial charge in [-0.25, -0.2) is 0 Å². The van der Waals surface area contributed by atoms with Crippen LogP contribution in [0.2, 0.25) is 0 Å². The fourth-order valence-corrected chi connectivity index (χ4v) is 6.11. The van der Waals surface area contributed by atoms with Crippen molar-refractivity contribution in [1.82, 2.24) is 9.96 Å². The Bertz CT molecular complexity index is 1250. The molecule has 200 valence electrons. The van der Waals surface area contributed by atoms with Gasteiger partial charge in [0.25, 0.3) is 0 Å². The van der Waals surface area contributed by atoms with Crippen molar-refractivity contribution in [3.63, 3.8) is 0 Å². The molecule has 3 aliphatic rings. The fraction of sp³-hybridized carbons (Fsp3) is 0.462. The van der Waals surface area contributed by atoms with Gasteiger partial charge < -0.3 is 35.7 Å². The molecule has 0 saturated heterocycles. The predicted octanol–water partition coefficient (Wildman–Crippen LogP) is 1.03. The first-order valence-electron chi connectivity index (χ1n) is 11.7. The van der Waals surface area contributed by atoms with Crippen LogP contribution < -0.4 is 5.73 Å². The number of ether oxygens (including phenoxy) is 1.